The second kappa shape index (κ2) is 5.11. The second-order valence-electron chi connectivity index (χ2n) is 2.60. The van der Waals surface area contributed by atoms with Gasteiger partial charge in [-0.3, -0.25) is 10.8 Å². The van der Waals surface area contributed by atoms with Gasteiger partial charge in [0.2, 0.25) is 0 Å². The standard InChI is InChI=1S/C9H8ClN3O2/c10-6-1-3-7(4-2-6)13-12-5-8(11)9(14)15/h1-5,11,13H,(H,14,15)/b11-8?,12-5-. The van der Waals surface area contributed by atoms with Gasteiger partial charge in [-0.2, -0.15) is 5.10 Å². The molecule has 0 saturated heterocycles. The predicted octanol–water partition coefficient (Wildman–Crippen LogP) is 1.84. The fourth-order valence-electron chi connectivity index (χ4n) is 0.751. The average molecular weight is 226 g/mol. The van der Waals surface area contributed by atoms with Crippen molar-refractivity contribution in [3.8, 4) is 0 Å². The molecule has 78 valence electrons. The zero-order valence-electron chi connectivity index (χ0n) is 7.57. The molecule has 0 aliphatic heterocycles. The number of benzene rings is 1. The molecule has 0 aromatic heterocycles. The van der Waals surface area contributed by atoms with E-state index in [0.29, 0.717) is 10.7 Å². The maximum absolute atomic E-state index is 10.2. The third-order valence-corrected chi connectivity index (χ3v) is 1.71. The summed E-state index contributed by atoms with van der Waals surface area (Å²) in [5.41, 5.74) is 2.64. The van der Waals surface area contributed by atoms with Gasteiger partial charge in [0.1, 0.15) is 0 Å². The number of carboxylic acid groups (broad SMARTS) is 1. The number of carbonyl (C=O) groups is 1. The fraction of sp³-hybridized carbons (Fsp3) is 0. The normalized spacial score (nSPS) is 10.2. The maximum Gasteiger partial charge on any atom is 0.355 e. The molecule has 0 spiro atoms. The van der Waals surface area contributed by atoms with Crippen LogP contribution in [0.3, 0.4) is 0 Å². The first-order chi connectivity index (χ1) is 7.09. The van der Waals surface area contributed by atoms with Crippen molar-refractivity contribution in [2.75, 3.05) is 5.43 Å². The van der Waals surface area contributed by atoms with Crippen LogP contribution in [-0.2, 0) is 4.79 Å². The lowest BCUT2D eigenvalue weighted by Gasteiger charge is -1.98. The van der Waals surface area contributed by atoms with Gasteiger partial charge in [-0.05, 0) is 24.3 Å². The molecule has 1 aromatic carbocycles. The summed E-state index contributed by atoms with van der Waals surface area (Å²) >= 11 is 5.66. The van der Waals surface area contributed by atoms with Crippen molar-refractivity contribution < 1.29 is 9.90 Å². The topological polar surface area (TPSA) is 85.5 Å². The van der Waals surface area contributed by atoms with Gasteiger partial charge in [0.15, 0.2) is 5.71 Å². The van der Waals surface area contributed by atoms with Crippen LogP contribution in [0.1, 0.15) is 0 Å². The van der Waals surface area contributed by atoms with Crippen LogP contribution in [0, 0.1) is 5.41 Å². The molecule has 0 amide bonds. The third-order valence-electron chi connectivity index (χ3n) is 1.46. The molecule has 0 radical (unpaired) electrons. The summed E-state index contributed by atoms with van der Waals surface area (Å²) in [7, 11) is 0. The number of hydrogen-bond acceptors (Lipinski definition) is 4. The van der Waals surface area contributed by atoms with Gasteiger partial charge < -0.3 is 5.11 Å². The summed E-state index contributed by atoms with van der Waals surface area (Å²) < 4.78 is 0. The number of hydrogen-bond donors (Lipinski definition) is 3. The lowest BCUT2D eigenvalue weighted by molar-refractivity contribution is -0.129. The monoisotopic (exact) mass is 225 g/mol. The average Bonchev–Trinajstić information content (AvgIpc) is 2.20. The zero-order chi connectivity index (χ0) is 11.3. The predicted molar refractivity (Wildman–Crippen MR) is 58.9 cm³/mol. The van der Waals surface area contributed by atoms with Gasteiger partial charge in [0.05, 0.1) is 11.9 Å². The van der Waals surface area contributed by atoms with Gasteiger partial charge in [0, 0.05) is 5.02 Å². The summed E-state index contributed by atoms with van der Waals surface area (Å²) in [6.07, 6.45) is 0.914. The van der Waals surface area contributed by atoms with Crippen LogP contribution in [0.5, 0.6) is 0 Å². The van der Waals surface area contributed by atoms with E-state index in [4.69, 9.17) is 22.1 Å². The van der Waals surface area contributed by atoms with E-state index in [1.165, 1.54) is 0 Å². The molecule has 3 N–H and O–H groups in total. The van der Waals surface area contributed by atoms with Crippen LogP contribution < -0.4 is 5.43 Å². The number of nitrogens with one attached hydrogen (secondary N) is 2. The van der Waals surface area contributed by atoms with E-state index in [-0.39, 0.29) is 0 Å². The van der Waals surface area contributed by atoms with Crippen LogP contribution in [0.4, 0.5) is 5.69 Å². The van der Waals surface area contributed by atoms with Gasteiger partial charge in [-0.15, -0.1) is 0 Å². The molecule has 1 rings (SSSR count). The Hall–Kier alpha value is -1.88. The van der Waals surface area contributed by atoms with Crippen LogP contribution >= 0.6 is 11.6 Å². The Kier molecular flexibility index (Phi) is 3.82. The molecule has 0 aliphatic carbocycles. The number of nitrogens with zero attached hydrogens (tertiary/aromatic N) is 1. The Morgan fingerprint density at radius 1 is 1.47 bits per heavy atom. The Morgan fingerprint density at radius 3 is 2.60 bits per heavy atom. The number of anilines is 1. The van der Waals surface area contributed by atoms with Crippen molar-refractivity contribution in [1.82, 2.24) is 0 Å². The van der Waals surface area contributed by atoms with Crippen LogP contribution in [0.2, 0.25) is 5.02 Å². The Labute approximate surface area is 90.9 Å². The summed E-state index contributed by atoms with van der Waals surface area (Å²) in [5, 5.41) is 19.5. The third kappa shape index (κ3) is 3.78. The van der Waals surface area contributed by atoms with Crippen molar-refractivity contribution in [3.63, 3.8) is 0 Å². The number of aliphatic carboxylic acids is 1. The first-order valence-electron chi connectivity index (χ1n) is 3.96. The molecule has 0 atom stereocenters. The summed E-state index contributed by atoms with van der Waals surface area (Å²) in [5.74, 6) is -1.32. The van der Waals surface area contributed by atoms with E-state index in [9.17, 15) is 4.79 Å². The highest BCUT2D eigenvalue weighted by atomic mass is 35.5. The van der Waals surface area contributed by atoms with Gasteiger partial charge in [-0.25, -0.2) is 4.79 Å². The van der Waals surface area contributed by atoms with Crippen LogP contribution in [0.15, 0.2) is 29.4 Å². The molecule has 0 fully saturated rings. The lowest BCUT2D eigenvalue weighted by Crippen LogP contribution is -2.13. The van der Waals surface area contributed by atoms with Crippen molar-refractivity contribution in [3.05, 3.63) is 29.3 Å². The molecule has 0 bridgehead atoms. The molecule has 0 unspecified atom stereocenters. The van der Waals surface area contributed by atoms with Crippen molar-refractivity contribution in [1.29, 1.82) is 5.41 Å². The smallest absolute Gasteiger partial charge is 0.355 e. The molecular weight excluding hydrogens is 218 g/mol. The van der Waals surface area contributed by atoms with Crippen molar-refractivity contribution in [2.45, 2.75) is 0 Å². The highest BCUT2D eigenvalue weighted by molar-refractivity contribution is 6.57. The van der Waals surface area contributed by atoms with E-state index < -0.39 is 11.7 Å². The van der Waals surface area contributed by atoms with E-state index in [0.717, 1.165) is 6.21 Å². The summed E-state index contributed by atoms with van der Waals surface area (Å²) in [6, 6.07) is 6.71. The second-order valence-corrected chi connectivity index (χ2v) is 3.03. The highest BCUT2D eigenvalue weighted by Crippen LogP contribution is 2.12. The zero-order valence-corrected chi connectivity index (χ0v) is 8.32. The lowest BCUT2D eigenvalue weighted by atomic mass is 10.3. The van der Waals surface area contributed by atoms with Crippen LogP contribution in [0.25, 0.3) is 0 Å². The number of hydrazone groups is 1. The quantitative estimate of drug-likeness (QED) is 0.540. The largest absolute Gasteiger partial charge is 0.476 e. The van der Waals surface area contributed by atoms with E-state index >= 15 is 0 Å². The van der Waals surface area contributed by atoms with Crippen molar-refractivity contribution in [2.24, 2.45) is 5.10 Å². The van der Waals surface area contributed by atoms with Crippen molar-refractivity contribution >= 4 is 35.2 Å². The van der Waals surface area contributed by atoms with Crippen LogP contribution in [-0.4, -0.2) is 23.0 Å². The number of rotatable bonds is 4. The molecule has 0 aliphatic rings. The number of carboxylic acids is 1. The first-order valence-corrected chi connectivity index (χ1v) is 4.34. The summed E-state index contributed by atoms with van der Waals surface area (Å²) in [6.45, 7) is 0. The summed E-state index contributed by atoms with van der Waals surface area (Å²) in [4.78, 5) is 10.2. The van der Waals surface area contributed by atoms with E-state index in [1.54, 1.807) is 24.3 Å². The Bertz CT molecular complexity index is 400. The van der Waals surface area contributed by atoms with Gasteiger partial charge in [-0.1, -0.05) is 11.6 Å². The minimum atomic E-state index is -1.32. The first kappa shape index (κ1) is 11.2. The Morgan fingerprint density at radius 2 is 2.07 bits per heavy atom. The molecule has 6 heteroatoms. The molecular formula is C9H8ClN3O2. The molecule has 1 aromatic rings. The molecule has 0 saturated carbocycles. The minimum Gasteiger partial charge on any atom is -0.476 e. The maximum atomic E-state index is 10.2. The SMILES string of the molecule is N=C(/C=N\Nc1ccc(Cl)cc1)C(=O)O. The van der Waals surface area contributed by atoms with E-state index in [1.807, 2.05) is 0 Å². The van der Waals surface area contributed by atoms with E-state index in [2.05, 4.69) is 10.5 Å². The molecule has 5 nitrogen and oxygen atoms in total. The Balaban J connectivity index is 2.54. The molecule has 15 heavy (non-hydrogen) atoms. The fourth-order valence-corrected chi connectivity index (χ4v) is 0.877. The minimum absolute atomic E-state index is 0.587. The van der Waals surface area contributed by atoms with Gasteiger partial charge in [0.25, 0.3) is 0 Å². The molecule has 0 heterocycles. The number of halogens is 1. The highest BCUT2D eigenvalue weighted by Gasteiger charge is 2.01. The van der Waals surface area contributed by atoms with Gasteiger partial charge >= 0.3 is 5.97 Å².